The van der Waals surface area contributed by atoms with E-state index in [0.29, 0.717) is 0 Å². The fourth-order valence-corrected chi connectivity index (χ4v) is 0.443. The summed E-state index contributed by atoms with van der Waals surface area (Å²) in [6.07, 6.45) is 1.85. The lowest BCUT2D eigenvalue weighted by atomic mass is 9.87. The highest BCUT2D eigenvalue weighted by Gasteiger charge is 2.10. The van der Waals surface area contributed by atoms with Gasteiger partial charge >= 0.3 is 0 Å². The van der Waals surface area contributed by atoms with Crippen molar-refractivity contribution in [3.8, 4) is 0 Å². The second-order valence-corrected chi connectivity index (χ2v) is 3.32. The number of hydrogen-bond acceptors (Lipinski definition) is 1. The molecule has 0 bridgehead atoms. The number of aliphatic hydroxyl groups excluding tert-OH is 1. The molecule has 0 aliphatic heterocycles. The zero-order valence-corrected chi connectivity index (χ0v) is 6.73. The fourth-order valence-electron chi connectivity index (χ4n) is 0.443. The zero-order chi connectivity index (χ0) is 7.49. The normalized spacial score (nSPS) is 14.1. The Morgan fingerprint density at radius 2 is 1.89 bits per heavy atom. The molecule has 0 amide bonds. The Kier molecular flexibility index (Phi) is 2.92. The van der Waals surface area contributed by atoms with Crippen LogP contribution in [-0.2, 0) is 0 Å². The second kappa shape index (κ2) is 3.02. The van der Waals surface area contributed by atoms with Crippen molar-refractivity contribution in [1.29, 1.82) is 0 Å². The number of aliphatic hydroxyl groups is 1. The molecule has 0 saturated carbocycles. The van der Waals surface area contributed by atoms with E-state index in [-0.39, 0.29) is 12.0 Å². The van der Waals surface area contributed by atoms with Crippen molar-refractivity contribution in [3.05, 3.63) is 11.6 Å². The van der Waals surface area contributed by atoms with Crippen LogP contribution in [-0.4, -0.2) is 11.7 Å². The van der Waals surface area contributed by atoms with Gasteiger partial charge in [0.25, 0.3) is 0 Å². The van der Waals surface area contributed by atoms with Gasteiger partial charge in [0.05, 0.1) is 6.61 Å². The molecule has 0 heterocycles. The molecule has 1 nitrogen and oxygen atoms in total. The summed E-state index contributed by atoms with van der Waals surface area (Å²) in [6, 6.07) is 0. The summed E-state index contributed by atoms with van der Waals surface area (Å²) in [6.45, 7) is 8.59. The molecule has 1 heteroatoms. The summed E-state index contributed by atoms with van der Waals surface area (Å²) >= 11 is 0. The van der Waals surface area contributed by atoms with Crippen molar-refractivity contribution in [2.24, 2.45) is 5.41 Å². The van der Waals surface area contributed by atoms with Gasteiger partial charge in [0.1, 0.15) is 0 Å². The Hall–Kier alpha value is -0.300. The maximum absolute atomic E-state index is 8.52. The third-order valence-electron chi connectivity index (χ3n) is 1.58. The molecule has 0 radical (unpaired) electrons. The van der Waals surface area contributed by atoms with Gasteiger partial charge in [-0.05, 0) is 12.3 Å². The Morgan fingerprint density at radius 1 is 1.44 bits per heavy atom. The van der Waals surface area contributed by atoms with E-state index >= 15 is 0 Å². The first kappa shape index (κ1) is 8.70. The maximum atomic E-state index is 8.52. The van der Waals surface area contributed by atoms with E-state index < -0.39 is 0 Å². The first-order chi connectivity index (χ1) is 3.98. The van der Waals surface area contributed by atoms with E-state index in [4.69, 9.17) is 5.11 Å². The van der Waals surface area contributed by atoms with Gasteiger partial charge in [-0.25, -0.2) is 0 Å². The molecule has 54 valence electrons. The van der Waals surface area contributed by atoms with Gasteiger partial charge in [0.2, 0.25) is 0 Å². The Labute approximate surface area is 57.4 Å². The van der Waals surface area contributed by atoms with Crippen LogP contribution in [0.25, 0.3) is 0 Å². The molecule has 9 heavy (non-hydrogen) atoms. The Morgan fingerprint density at radius 3 is 2.00 bits per heavy atom. The molecule has 0 aliphatic rings. The monoisotopic (exact) mass is 128 g/mol. The summed E-state index contributed by atoms with van der Waals surface area (Å²) in [5.74, 6) is 0. The van der Waals surface area contributed by atoms with Gasteiger partial charge in [-0.1, -0.05) is 32.4 Å². The highest BCUT2D eigenvalue weighted by Crippen LogP contribution is 2.23. The smallest absolute Gasteiger partial charge is 0.0615 e. The van der Waals surface area contributed by atoms with Gasteiger partial charge < -0.3 is 5.11 Å². The molecule has 0 aromatic rings. The molecule has 0 atom stereocenters. The van der Waals surface area contributed by atoms with E-state index in [2.05, 4.69) is 20.8 Å². The van der Waals surface area contributed by atoms with Gasteiger partial charge in [-0.2, -0.15) is 0 Å². The Bertz CT molecular complexity index is 106. The highest BCUT2D eigenvalue weighted by atomic mass is 16.2. The largest absolute Gasteiger partial charge is 0.392 e. The molecule has 0 aromatic carbocycles. The van der Waals surface area contributed by atoms with Crippen LogP contribution in [0.4, 0.5) is 0 Å². The fraction of sp³-hybridized carbons (Fsp3) is 0.750. The van der Waals surface area contributed by atoms with Crippen LogP contribution in [0.2, 0.25) is 0 Å². The van der Waals surface area contributed by atoms with Crippen molar-refractivity contribution in [2.75, 3.05) is 6.61 Å². The third-order valence-corrected chi connectivity index (χ3v) is 1.58. The predicted octanol–water partition coefficient (Wildman–Crippen LogP) is 1.97. The van der Waals surface area contributed by atoms with E-state index in [1.54, 1.807) is 0 Å². The van der Waals surface area contributed by atoms with Crippen LogP contribution in [0, 0.1) is 5.41 Å². The van der Waals surface area contributed by atoms with Crippen molar-refractivity contribution in [1.82, 2.24) is 0 Å². The van der Waals surface area contributed by atoms with Gasteiger partial charge in [0.15, 0.2) is 0 Å². The first-order valence-corrected chi connectivity index (χ1v) is 3.26. The first-order valence-electron chi connectivity index (χ1n) is 3.26. The topological polar surface area (TPSA) is 20.2 Å². The minimum atomic E-state index is 0.156. The van der Waals surface area contributed by atoms with Crippen molar-refractivity contribution < 1.29 is 5.11 Å². The molecule has 0 fully saturated rings. The molecular weight excluding hydrogens is 112 g/mol. The molecule has 0 unspecified atom stereocenters. The number of allylic oxidation sites excluding steroid dienone is 1. The molecule has 0 saturated heterocycles. The van der Waals surface area contributed by atoms with E-state index in [1.165, 1.54) is 5.57 Å². The second-order valence-electron chi connectivity index (χ2n) is 3.32. The van der Waals surface area contributed by atoms with Crippen molar-refractivity contribution >= 4 is 0 Å². The average molecular weight is 128 g/mol. The van der Waals surface area contributed by atoms with E-state index in [1.807, 2.05) is 13.0 Å². The van der Waals surface area contributed by atoms with E-state index in [0.717, 1.165) is 0 Å². The maximum Gasteiger partial charge on any atom is 0.0615 e. The molecule has 0 spiro atoms. The SMILES string of the molecule is C/C(=C\CO)C(C)(C)C. The van der Waals surface area contributed by atoms with Gasteiger partial charge in [-0.3, -0.25) is 0 Å². The number of hydrogen-bond donors (Lipinski definition) is 1. The summed E-state index contributed by atoms with van der Waals surface area (Å²) in [5, 5.41) is 8.52. The minimum Gasteiger partial charge on any atom is -0.392 e. The van der Waals surface area contributed by atoms with Gasteiger partial charge in [-0.15, -0.1) is 0 Å². The Balaban J connectivity index is 4.03. The lowest BCUT2D eigenvalue weighted by molar-refractivity contribution is 0.338. The molecule has 0 aliphatic carbocycles. The predicted molar refractivity (Wildman–Crippen MR) is 40.3 cm³/mol. The van der Waals surface area contributed by atoms with Crippen molar-refractivity contribution in [3.63, 3.8) is 0 Å². The molecular formula is C8H16O. The summed E-state index contributed by atoms with van der Waals surface area (Å²) in [7, 11) is 0. The minimum absolute atomic E-state index is 0.156. The zero-order valence-electron chi connectivity index (χ0n) is 6.73. The highest BCUT2D eigenvalue weighted by molar-refractivity contribution is 5.06. The van der Waals surface area contributed by atoms with Crippen molar-refractivity contribution in [2.45, 2.75) is 27.7 Å². The lowest BCUT2D eigenvalue weighted by Crippen LogP contribution is -2.06. The summed E-state index contributed by atoms with van der Waals surface area (Å²) in [4.78, 5) is 0. The van der Waals surface area contributed by atoms with Crippen LogP contribution in [0.5, 0.6) is 0 Å². The average Bonchev–Trinajstić information content (AvgIpc) is 1.64. The lowest BCUT2D eigenvalue weighted by Gasteiger charge is -2.18. The van der Waals surface area contributed by atoms with Crippen LogP contribution in [0.1, 0.15) is 27.7 Å². The van der Waals surface area contributed by atoms with E-state index in [9.17, 15) is 0 Å². The summed E-state index contributed by atoms with van der Waals surface area (Å²) in [5.41, 5.74) is 1.45. The molecule has 1 N–H and O–H groups in total. The standard InChI is InChI=1S/C8H16O/c1-7(5-6-9)8(2,3)4/h5,9H,6H2,1-4H3/b7-5+. The van der Waals surface area contributed by atoms with Crippen LogP contribution in [0.15, 0.2) is 11.6 Å². The quantitative estimate of drug-likeness (QED) is 0.535. The molecule has 0 aromatic heterocycles. The van der Waals surface area contributed by atoms with Gasteiger partial charge in [0, 0.05) is 0 Å². The third kappa shape index (κ3) is 3.31. The summed E-state index contributed by atoms with van der Waals surface area (Å²) < 4.78 is 0. The van der Waals surface area contributed by atoms with Crippen LogP contribution in [0.3, 0.4) is 0 Å². The number of rotatable bonds is 1. The van der Waals surface area contributed by atoms with Crippen LogP contribution >= 0.6 is 0 Å². The van der Waals surface area contributed by atoms with Crippen LogP contribution < -0.4 is 0 Å². The molecule has 0 rings (SSSR count).